The molecule has 0 unspecified atom stereocenters. The highest BCUT2D eigenvalue weighted by molar-refractivity contribution is 14.1. The Balaban J connectivity index is 2.03. The van der Waals surface area contributed by atoms with Gasteiger partial charge in [0, 0.05) is 26.2 Å². The molecule has 3 aromatic carbocycles. The number of hydrogen-bond donors (Lipinski definition) is 1. The molecule has 208 valence electrons. The molecule has 0 saturated heterocycles. The molecule has 0 radical (unpaired) electrons. The highest BCUT2D eigenvalue weighted by atomic mass is 127. The molecule has 2 amide bonds. The van der Waals surface area contributed by atoms with Gasteiger partial charge in [-0.05, 0) is 97.0 Å². The number of nitrogens with zero attached hydrogens (tertiary/aromatic N) is 2. The highest BCUT2D eigenvalue weighted by Gasteiger charge is 2.33. The van der Waals surface area contributed by atoms with Gasteiger partial charge in [-0.2, -0.15) is 0 Å². The third kappa shape index (κ3) is 8.09. The second-order valence-electron chi connectivity index (χ2n) is 9.05. The molecule has 7 nitrogen and oxygen atoms in total. The number of halogens is 3. The van der Waals surface area contributed by atoms with Crippen molar-refractivity contribution in [2.75, 3.05) is 10.8 Å². The summed E-state index contributed by atoms with van der Waals surface area (Å²) in [6.07, 6.45) is 0.714. The van der Waals surface area contributed by atoms with Crippen molar-refractivity contribution in [2.24, 2.45) is 0 Å². The molecule has 0 saturated carbocycles. The van der Waals surface area contributed by atoms with E-state index in [1.54, 1.807) is 67.6 Å². The van der Waals surface area contributed by atoms with Crippen LogP contribution in [0.4, 0.5) is 5.69 Å². The molecular weight excluding hydrogens is 672 g/mol. The third-order valence-electron chi connectivity index (χ3n) is 6.25. The van der Waals surface area contributed by atoms with Crippen LogP contribution < -0.4 is 9.62 Å². The summed E-state index contributed by atoms with van der Waals surface area (Å²) in [5, 5.41) is 3.67. The predicted octanol–water partition coefficient (Wildman–Crippen LogP) is 6.13. The van der Waals surface area contributed by atoms with Crippen molar-refractivity contribution in [2.45, 2.75) is 50.7 Å². The fraction of sp³-hybridized carbons (Fsp3) is 0.286. The Labute approximate surface area is 253 Å². The van der Waals surface area contributed by atoms with Gasteiger partial charge in [0.15, 0.2) is 0 Å². The molecule has 0 aliphatic carbocycles. The van der Waals surface area contributed by atoms with E-state index in [2.05, 4.69) is 27.9 Å². The van der Waals surface area contributed by atoms with Gasteiger partial charge in [0.25, 0.3) is 10.0 Å². The second kappa shape index (κ2) is 13.8. The van der Waals surface area contributed by atoms with E-state index < -0.39 is 28.5 Å². The quantitative estimate of drug-likeness (QED) is 0.244. The van der Waals surface area contributed by atoms with E-state index in [0.29, 0.717) is 27.7 Å². The van der Waals surface area contributed by atoms with Crippen molar-refractivity contribution < 1.29 is 18.0 Å². The summed E-state index contributed by atoms with van der Waals surface area (Å²) < 4.78 is 29.5. The first kappa shape index (κ1) is 31.2. The van der Waals surface area contributed by atoms with Gasteiger partial charge < -0.3 is 10.2 Å². The Morgan fingerprint density at radius 1 is 0.974 bits per heavy atom. The van der Waals surface area contributed by atoms with Crippen LogP contribution in [-0.2, 0) is 26.2 Å². The number of benzene rings is 3. The molecule has 11 heteroatoms. The Bertz CT molecular complexity index is 1410. The molecule has 3 aromatic rings. The van der Waals surface area contributed by atoms with E-state index in [1.807, 2.05) is 13.8 Å². The predicted molar refractivity (Wildman–Crippen MR) is 165 cm³/mol. The Morgan fingerprint density at radius 2 is 1.62 bits per heavy atom. The average molecular weight is 702 g/mol. The molecule has 0 aliphatic heterocycles. The first-order valence-electron chi connectivity index (χ1n) is 12.3. The van der Waals surface area contributed by atoms with E-state index >= 15 is 0 Å². The Kier molecular flexibility index (Phi) is 11.1. The summed E-state index contributed by atoms with van der Waals surface area (Å²) in [5.74, 6) is -0.916. The van der Waals surface area contributed by atoms with Crippen molar-refractivity contribution in [3.8, 4) is 0 Å². The molecule has 0 spiro atoms. The number of carbonyl (C=O) groups excluding carboxylic acids is 2. The monoisotopic (exact) mass is 701 g/mol. The molecule has 0 aromatic heterocycles. The minimum absolute atomic E-state index is 0.0180. The van der Waals surface area contributed by atoms with E-state index in [0.717, 1.165) is 7.88 Å². The first-order chi connectivity index (χ1) is 18.4. The van der Waals surface area contributed by atoms with Crippen LogP contribution in [0.2, 0.25) is 10.0 Å². The van der Waals surface area contributed by atoms with Crippen LogP contribution in [0.5, 0.6) is 0 Å². The first-order valence-corrected chi connectivity index (χ1v) is 15.6. The zero-order chi connectivity index (χ0) is 28.7. The second-order valence-corrected chi connectivity index (χ2v) is 13.0. The van der Waals surface area contributed by atoms with Gasteiger partial charge in [0.2, 0.25) is 11.8 Å². The maximum atomic E-state index is 13.9. The molecule has 0 fully saturated rings. The lowest BCUT2D eigenvalue weighted by Crippen LogP contribution is -2.52. The van der Waals surface area contributed by atoms with E-state index in [-0.39, 0.29) is 23.4 Å². The zero-order valence-corrected chi connectivity index (χ0v) is 26.3. The highest BCUT2D eigenvalue weighted by Crippen LogP contribution is 2.27. The summed E-state index contributed by atoms with van der Waals surface area (Å²) in [7, 11) is -4.11. The number of carbonyl (C=O) groups is 2. The number of rotatable bonds is 11. The van der Waals surface area contributed by atoms with Crippen LogP contribution in [0, 0.1) is 3.57 Å². The van der Waals surface area contributed by atoms with Crippen molar-refractivity contribution in [3.63, 3.8) is 0 Å². The zero-order valence-electron chi connectivity index (χ0n) is 21.8. The fourth-order valence-corrected chi connectivity index (χ4v) is 6.00. The largest absolute Gasteiger partial charge is 0.352 e. The summed E-state index contributed by atoms with van der Waals surface area (Å²) in [6.45, 7) is 4.89. The lowest BCUT2D eigenvalue weighted by molar-refractivity contribution is -0.139. The lowest BCUT2D eigenvalue weighted by Gasteiger charge is -2.32. The lowest BCUT2D eigenvalue weighted by atomic mass is 10.1. The van der Waals surface area contributed by atoms with Crippen molar-refractivity contribution >= 4 is 73.3 Å². The SMILES string of the molecule is CC[C@H](C)NC(=O)[C@@H](C)N(Cc1ccc(Cl)cc1Cl)C(=O)CN(c1ccc(I)cc1)S(=O)(=O)c1ccccc1. The summed E-state index contributed by atoms with van der Waals surface area (Å²) in [4.78, 5) is 28.4. The van der Waals surface area contributed by atoms with Crippen LogP contribution in [0.3, 0.4) is 0 Å². The van der Waals surface area contributed by atoms with Crippen LogP contribution in [-0.4, -0.2) is 43.8 Å². The molecule has 3 rings (SSSR count). The van der Waals surface area contributed by atoms with E-state index in [4.69, 9.17) is 23.2 Å². The number of sulfonamides is 1. The van der Waals surface area contributed by atoms with Crippen molar-refractivity contribution in [1.82, 2.24) is 10.2 Å². The van der Waals surface area contributed by atoms with Crippen LogP contribution in [0.15, 0.2) is 77.7 Å². The summed E-state index contributed by atoms with van der Waals surface area (Å²) in [5.41, 5.74) is 0.901. The van der Waals surface area contributed by atoms with Crippen molar-refractivity contribution in [1.29, 1.82) is 0 Å². The topological polar surface area (TPSA) is 86.8 Å². The van der Waals surface area contributed by atoms with Crippen LogP contribution >= 0.6 is 45.8 Å². The molecule has 2 atom stereocenters. The van der Waals surface area contributed by atoms with E-state index in [1.165, 1.54) is 17.0 Å². The van der Waals surface area contributed by atoms with Gasteiger partial charge in [-0.1, -0.05) is 54.4 Å². The van der Waals surface area contributed by atoms with Crippen LogP contribution in [0.25, 0.3) is 0 Å². The van der Waals surface area contributed by atoms with Gasteiger partial charge in [-0.15, -0.1) is 0 Å². The van der Waals surface area contributed by atoms with Crippen LogP contribution in [0.1, 0.15) is 32.8 Å². The third-order valence-corrected chi connectivity index (χ3v) is 9.34. The molecule has 0 heterocycles. The van der Waals surface area contributed by atoms with Gasteiger partial charge in [-0.3, -0.25) is 13.9 Å². The fourth-order valence-electron chi connectivity index (χ4n) is 3.74. The van der Waals surface area contributed by atoms with Gasteiger partial charge in [0.05, 0.1) is 10.6 Å². The number of anilines is 1. The molecule has 0 aliphatic rings. The number of amides is 2. The molecule has 1 N–H and O–H groups in total. The maximum absolute atomic E-state index is 13.9. The van der Waals surface area contributed by atoms with Crippen molar-refractivity contribution in [3.05, 3.63) is 92.0 Å². The maximum Gasteiger partial charge on any atom is 0.264 e. The minimum atomic E-state index is -4.11. The molecular formula is C28H30Cl2IN3O4S. The summed E-state index contributed by atoms with van der Waals surface area (Å²) >= 11 is 14.6. The number of hydrogen-bond acceptors (Lipinski definition) is 4. The smallest absolute Gasteiger partial charge is 0.264 e. The van der Waals surface area contributed by atoms with Gasteiger partial charge in [-0.25, -0.2) is 8.42 Å². The van der Waals surface area contributed by atoms with E-state index in [9.17, 15) is 18.0 Å². The van der Waals surface area contributed by atoms with Gasteiger partial charge >= 0.3 is 0 Å². The minimum Gasteiger partial charge on any atom is -0.352 e. The van der Waals surface area contributed by atoms with Gasteiger partial charge in [0.1, 0.15) is 12.6 Å². The summed E-state index contributed by atoms with van der Waals surface area (Å²) in [6, 6.07) is 18.6. The Hall–Kier alpha value is -2.34. The molecule has 0 bridgehead atoms. The number of nitrogens with one attached hydrogen (secondary N) is 1. The Morgan fingerprint density at radius 3 is 2.21 bits per heavy atom. The standard InChI is InChI=1S/C28H30Cl2IN3O4S/c1-4-19(2)32-28(36)20(3)33(17-21-10-11-22(29)16-26(21)30)27(35)18-34(24-14-12-23(31)13-15-24)39(37,38)25-8-6-5-7-9-25/h5-16,19-20H,4,17-18H2,1-3H3,(H,32,36)/t19-,20+/m0/s1. The normalized spacial score (nSPS) is 12.9. The average Bonchev–Trinajstić information content (AvgIpc) is 2.91. The molecule has 39 heavy (non-hydrogen) atoms.